The number of aliphatic hydroxyl groups excluding tert-OH is 1. The molecule has 1 aromatic carbocycles. The van der Waals surface area contributed by atoms with Gasteiger partial charge >= 0.3 is 0 Å². The second-order valence-electron chi connectivity index (χ2n) is 3.56. The molecule has 3 heteroatoms. The van der Waals surface area contributed by atoms with E-state index < -0.39 is 0 Å². The Labute approximate surface area is 101 Å². The van der Waals surface area contributed by atoms with Gasteiger partial charge in [0, 0.05) is 10.1 Å². The number of halogens is 1. The van der Waals surface area contributed by atoms with Crippen LogP contribution in [0.2, 0.25) is 0 Å². The molecule has 1 atom stereocenters. The van der Waals surface area contributed by atoms with Gasteiger partial charge in [-0.25, -0.2) is 0 Å². The van der Waals surface area contributed by atoms with E-state index in [1.54, 1.807) is 6.92 Å². The van der Waals surface area contributed by atoms with Crippen molar-refractivity contribution in [3.63, 3.8) is 0 Å². The topological polar surface area (TPSA) is 32.3 Å². The lowest BCUT2D eigenvalue weighted by atomic mass is 10.1. The molecule has 0 bridgehead atoms. The van der Waals surface area contributed by atoms with Crippen LogP contribution in [0.5, 0.6) is 0 Å². The Kier molecular flexibility index (Phi) is 6.05. The molecule has 0 heterocycles. The third kappa shape index (κ3) is 5.39. The van der Waals surface area contributed by atoms with Crippen LogP contribution < -0.4 is 5.32 Å². The fraction of sp³-hybridized carbons (Fsp3) is 0.417. The lowest BCUT2D eigenvalue weighted by Crippen LogP contribution is -2.26. The first kappa shape index (κ1) is 12.8. The Hall–Kier alpha value is -0.260. The number of aliphatic hydroxyl groups is 1. The number of rotatable bonds is 6. The summed E-state index contributed by atoms with van der Waals surface area (Å²) >= 11 is -0.0278. The van der Waals surface area contributed by atoms with Gasteiger partial charge in [-0.2, -0.15) is 0 Å². The molecule has 2 nitrogen and oxygen atoms in total. The first-order valence-corrected chi connectivity index (χ1v) is 7.69. The summed E-state index contributed by atoms with van der Waals surface area (Å²) in [5, 5.41) is 12.3. The average Bonchev–Trinajstić information content (AvgIpc) is 2.25. The van der Waals surface area contributed by atoms with Crippen LogP contribution in [0.4, 0.5) is 0 Å². The van der Waals surface area contributed by atoms with Gasteiger partial charge in [0.05, 0.1) is 6.10 Å². The summed E-state index contributed by atoms with van der Waals surface area (Å²) in [4.78, 5) is 0. The number of benzene rings is 1. The van der Waals surface area contributed by atoms with E-state index in [1.165, 1.54) is 9.13 Å². The number of hydrogen-bond acceptors (Lipinski definition) is 2. The van der Waals surface area contributed by atoms with Gasteiger partial charge in [-0.1, -0.05) is 37.4 Å². The highest BCUT2D eigenvalue weighted by molar-refractivity contribution is 14.2. The zero-order chi connectivity index (χ0) is 11.1. The van der Waals surface area contributed by atoms with Gasteiger partial charge in [-0.15, -0.1) is 0 Å². The van der Waals surface area contributed by atoms with Gasteiger partial charge in [-0.05, 0) is 37.6 Å². The van der Waals surface area contributed by atoms with Gasteiger partial charge in [-0.3, -0.25) is 0 Å². The molecule has 0 aromatic heterocycles. The molecule has 0 aliphatic heterocycles. The summed E-state index contributed by atoms with van der Waals surface area (Å²) in [6.45, 7) is 3.38. The van der Waals surface area contributed by atoms with Gasteiger partial charge in [0.2, 0.25) is 0 Å². The Balaban J connectivity index is 2.28. The highest BCUT2D eigenvalue weighted by Gasteiger charge is 1.95. The Morgan fingerprint density at radius 2 is 2.07 bits per heavy atom. The van der Waals surface area contributed by atoms with Gasteiger partial charge in [0.1, 0.15) is 0 Å². The van der Waals surface area contributed by atoms with Crippen LogP contribution in [0.1, 0.15) is 12.5 Å². The van der Waals surface area contributed by atoms with Crippen molar-refractivity contribution in [1.82, 2.24) is 5.32 Å². The van der Waals surface area contributed by atoms with Gasteiger partial charge in [0.25, 0.3) is 0 Å². The first-order valence-electron chi connectivity index (χ1n) is 5.08. The van der Waals surface area contributed by atoms with Crippen LogP contribution in [0.15, 0.2) is 24.3 Å². The summed E-state index contributed by atoms with van der Waals surface area (Å²) < 4.78 is 5.33. The van der Waals surface area contributed by atoms with Crippen LogP contribution in [0, 0.1) is 3.57 Å². The van der Waals surface area contributed by atoms with Crippen molar-refractivity contribution in [2.75, 3.05) is 13.1 Å². The molecule has 84 valence electrons. The number of hydrogen-bond donors (Lipinski definition) is 2. The van der Waals surface area contributed by atoms with E-state index in [9.17, 15) is 0 Å². The molecule has 0 saturated carbocycles. The maximum atomic E-state index is 9.05. The third-order valence-electron chi connectivity index (χ3n) is 2.10. The highest BCUT2D eigenvalue weighted by atomic mass is 127. The van der Waals surface area contributed by atoms with Crippen LogP contribution in [-0.4, -0.2) is 28.8 Å². The predicted octanol–water partition coefficient (Wildman–Crippen LogP) is 1.77. The molecular formula is C12H18INO. The van der Waals surface area contributed by atoms with E-state index in [0.717, 1.165) is 13.0 Å². The normalized spacial score (nSPS) is 12.7. The smallest absolute Gasteiger partial charge is 0.0636 e. The zero-order valence-electron chi connectivity index (χ0n) is 9.04. The quantitative estimate of drug-likeness (QED) is 0.619. The summed E-state index contributed by atoms with van der Waals surface area (Å²) in [7, 11) is 0. The third-order valence-corrected chi connectivity index (χ3v) is 3.70. The second-order valence-corrected chi connectivity index (χ2v) is 5.57. The Morgan fingerprint density at radius 3 is 2.60 bits per heavy atom. The summed E-state index contributed by atoms with van der Waals surface area (Å²) in [5.74, 6) is 0. The van der Waals surface area contributed by atoms with E-state index in [-0.39, 0.29) is 26.8 Å². The predicted molar refractivity (Wildman–Crippen MR) is 74.5 cm³/mol. The van der Waals surface area contributed by atoms with Crippen molar-refractivity contribution in [1.29, 1.82) is 0 Å². The monoisotopic (exact) mass is 319 g/mol. The molecule has 0 radical (unpaired) electrons. The van der Waals surface area contributed by atoms with E-state index >= 15 is 0 Å². The lowest BCUT2D eigenvalue weighted by molar-refractivity contribution is 0.191. The van der Waals surface area contributed by atoms with Crippen molar-refractivity contribution < 1.29 is 5.11 Å². The lowest BCUT2D eigenvalue weighted by Gasteiger charge is -2.06. The molecule has 0 spiro atoms. The van der Waals surface area contributed by atoms with Crippen molar-refractivity contribution in [3.05, 3.63) is 33.4 Å². The molecule has 0 amide bonds. The zero-order valence-corrected chi connectivity index (χ0v) is 11.2. The minimum absolute atomic E-state index is 0.0278. The molecule has 1 unspecified atom stereocenters. The molecule has 1 rings (SSSR count). The van der Waals surface area contributed by atoms with Crippen LogP contribution in [0.3, 0.4) is 0 Å². The fourth-order valence-corrected chi connectivity index (χ4v) is 2.15. The van der Waals surface area contributed by atoms with Gasteiger partial charge in [0.15, 0.2) is 0 Å². The fourth-order valence-electron chi connectivity index (χ4n) is 1.28. The van der Waals surface area contributed by atoms with E-state index in [2.05, 4.69) is 34.1 Å². The molecule has 0 fully saturated rings. The maximum Gasteiger partial charge on any atom is 0.0636 e. The standard InChI is InChI=1S/C12H18INO/c1-10(15)9-14-8-7-11-3-5-12(13-2)6-4-11/h3-6,10,14-15H,2,7-9H2,1H3. The highest BCUT2D eigenvalue weighted by Crippen LogP contribution is 2.10. The Morgan fingerprint density at radius 1 is 1.40 bits per heavy atom. The van der Waals surface area contributed by atoms with Crippen molar-refractivity contribution in [2.24, 2.45) is 0 Å². The molecule has 1 aromatic rings. The van der Waals surface area contributed by atoms with Crippen molar-refractivity contribution in [2.45, 2.75) is 19.4 Å². The van der Waals surface area contributed by atoms with Crippen LogP contribution in [-0.2, 0) is 6.42 Å². The average molecular weight is 319 g/mol. The number of nitrogens with one attached hydrogen (secondary N) is 1. The van der Waals surface area contributed by atoms with E-state index in [0.29, 0.717) is 6.54 Å². The maximum absolute atomic E-state index is 9.05. The summed E-state index contributed by atoms with van der Waals surface area (Å²) in [6.07, 6.45) is 0.755. The van der Waals surface area contributed by atoms with Crippen molar-refractivity contribution >= 4 is 25.2 Å². The summed E-state index contributed by atoms with van der Waals surface area (Å²) in [6, 6.07) is 8.68. The van der Waals surface area contributed by atoms with Crippen LogP contribution in [0.25, 0.3) is 0 Å². The largest absolute Gasteiger partial charge is 0.392 e. The Bertz CT molecular complexity index is 295. The molecular weight excluding hydrogens is 301 g/mol. The molecule has 0 aliphatic carbocycles. The van der Waals surface area contributed by atoms with Gasteiger partial charge < -0.3 is 10.4 Å². The second kappa shape index (κ2) is 7.09. The van der Waals surface area contributed by atoms with E-state index in [1.807, 2.05) is 0 Å². The molecule has 15 heavy (non-hydrogen) atoms. The molecule has 2 N–H and O–H groups in total. The SMILES string of the molecule is C=Ic1ccc(CCNCC(C)O)cc1. The minimum atomic E-state index is -0.261. The van der Waals surface area contributed by atoms with E-state index in [4.69, 9.17) is 5.11 Å². The molecule has 0 saturated heterocycles. The minimum Gasteiger partial charge on any atom is -0.392 e. The molecule has 0 aliphatic rings. The van der Waals surface area contributed by atoms with Crippen LogP contribution >= 0.6 is 20.7 Å². The first-order chi connectivity index (χ1) is 7.22. The van der Waals surface area contributed by atoms with Crippen molar-refractivity contribution in [3.8, 4) is 0 Å². The summed E-state index contributed by atoms with van der Waals surface area (Å²) in [5.41, 5.74) is 1.34.